The SMILES string of the molecule is C=CCOC12Oc3ccc(OCCN4CC4)cc3C3C(CCCCO)C(CCCCO)C=C(C(=NOCc4ccc([N+](=O)[O-])cc4)CC1SCCCCCCCCCCCCCCCC)C32. The molecule has 2 heterocycles. The number of rotatable bonds is 35. The van der Waals surface area contributed by atoms with Gasteiger partial charge in [0.25, 0.3) is 5.69 Å². The van der Waals surface area contributed by atoms with Crippen molar-refractivity contribution in [1.82, 2.24) is 4.90 Å². The molecule has 2 aliphatic heterocycles. The summed E-state index contributed by atoms with van der Waals surface area (Å²) in [6.45, 7) is 11.0. The Morgan fingerprint density at radius 3 is 2.20 bits per heavy atom. The van der Waals surface area contributed by atoms with Crippen LogP contribution in [-0.4, -0.2) is 88.6 Å². The Morgan fingerprint density at radius 2 is 1.56 bits per heavy atom. The third-order valence-electron chi connectivity index (χ3n) is 14.2. The van der Waals surface area contributed by atoms with Gasteiger partial charge in [-0.2, -0.15) is 11.8 Å². The van der Waals surface area contributed by atoms with Crippen molar-refractivity contribution in [2.75, 3.05) is 51.8 Å². The van der Waals surface area contributed by atoms with Crippen LogP contribution in [0.5, 0.6) is 11.5 Å². The normalized spacial score (nSPS) is 23.7. The van der Waals surface area contributed by atoms with Crippen LogP contribution >= 0.6 is 11.8 Å². The summed E-state index contributed by atoms with van der Waals surface area (Å²) in [6.07, 6.45) is 28.4. The molecule has 66 heavy (non-hydrogen) atoms. The second-order valence-electron chi connectivity index (χ2n) is 19.1. The Balaban J connectivity index is 1.27. The average molecular weight is 932 g/mol. The first-order valence-electron chi connectivity index (χ1n) is 25.8. The highest BCUT2D eigenvalue weighted by Crippen LogP contribution is 2.62. The fourth-order valence-corrected chi connectivity index (χ4v) is 12.0. The summed E-state index contributed by atoms with van der Waals surface area (Å²) < 4.78 is 20.9. The number of hydrogen-bond acceptors (Lipinski definition) is 11. The Kier molecular flexibility index (Phi) is 22.2. The summed E-state index contributed by atoms with van der Waals surface area (Å²) in [7, 11) is 0. The van der Waals surface area contributed by atoms with Crippen LogP contribution in [-0.2, 0) is 16.2 Å². The number of benzene rings is 2. The van der Waals surface area contributed by atoms with Crippen LogP contribution in [0.25, 0.3) is 0 Å². The summed E-state index contributed by atoms with van der Waals surface area (Å²) in [5, 5.41) is 36.1. The third kappa shape index (κ3) is 15.0. The van der Waals surface area contributed by atoms with Gasteiger partial charge >= 0.3 is 0 Å². The van der Waals surface area contributed by atoms with Crippen molar-refractivity contribution < 1.29 is 34.2 Å². The molecule has 1 saturated heterocycles. The van der Waals surface area contributed by atoms with Crippen molar-refractivity contribution in [3.05, 3.63) is 88.0 Å². The van der Waals surface area contributed by atoms with E-state index in [2.05, 4.69) is 36.6 Å². The standard InChI is InChI=1S/C54H81N3O8S/c1-3-5-6-7-8-9-10-11-12-13-14-15-16-21-37-66-51-40-49(55-64-41-42-24-26-44(27-25-42)57(60)61)47-38-43(22-17-19-33-58)46(23-18-20-34-59)52-48-39-45(62-36-32-56-30-31-56)28-29-50(48)65-54(51,53(47)52)63-35-4-2/h4,24-29,38-39,43,46,51-53,58-59H,2-3,5-23,30-37,40-41H2,1H3. The molecule has 12 heteroatoms. The van der Waals surface area contributed by atoms with E-state index in [1.165, 1.54) is 95.6 Å². The Morgan fingerprint density at radius 1 is 0.894 bits per heavy atom. The first-order chi connectivity index (χ1) is 32.4. The van der Waals surface area contributed by atoms with Gasteiger partial charge in [-0.1, -0.05) is 121 Å². The van der Waals surface area contributed by atoms with Crippen molar-refractivity contribution in [2.45, 2.75) is 165 Å². The molecule has 2 N–H and O–H groups in total. The molecule has 2 fully saturated rings. The predicted molar refractivity (Wildman–Crippen MR) is 268 cm³/mol. The number of ether oxygens (including phenoxy) is 3. The summed E-state index contributed by atoms with van der Waals surface area (Å²) in [5.74, 6) is 1.80. The van der Waals surface area contributed by atoms with Crippen LogP contribution in [0.4, 0.5) is 5.69 Å². The quantitative estimate of drug-likeness (QED) is 0.0226. The molecule has 0 amide bonds. The van der Waals surface area contributed by atoms with Crippen molar-refractivity contribution >= 4 is 23.2 Å². The minimum absolute atomic E-state index is 0.00329. The maximum Gasteiger partial charge on any atom is 0.269 e. The zero-order valence-electron chi connectivity index (χ0n) is 40.1. The fraction of sp³-hybridized carbons (Fsp3) is 0.685. The number of nitro groups is 1. The number of thioether (sulfide) groups is 1. The molecule has 6 atom stereocenters. The summed E-state index contributed by atoms with van der Waals surface area (Å²) in [6, 6.07) is 12.8. The van der Waals surface area contributed by atoms with E-state index in [1.54, 1.807) is 12.1 Å². The number of non-ortho nitro benzene ring substituents is 1. The van der Waals surface area contributed by atoms with E-state index >= 15 is 0 Å². The molecule has 0 aromatic heterocycles. The number of allylic oxidation sites excluding steroid dienone is 1. The molecule has 6 unspecified atom stereocenters. The van der Waals surface area contributed by atoms with Gasteiger partial charge in [-0.05, 0) is 91.2 Å². The highest BCUT2D eigenvalue weighted by atomic mass is 32.2. The number of hydrogen-bond donors (Lipinski definition) is 2. The lowest BCUT2D eigenvalue weighted by molar-refractivity contribution is -0.384. The number of oxime groups is 1. The molecular weight excluding hydrogens is 851 g/mol. The van der Waals surface area contributed by atoms with Gasteiger partial charge in [-0.15, -0.1) is 6.58 Å². The molecule has 0 radical (unpaired) electrons. The van der Waals surface area contributed by atoms with Gasteiger partial charge in [0.1, 0.15) is 24.7 Å². The zero-order chi connectivity index (χ0) is 46.4. The second-order valence-corrected chi connectivity index (χ2v) is 20.4. The van der Waals surface area contributed by atoms with Crippen LogP contribution < -0.4 is 9.47 Å². The molecule has 4 aliphatic rings. The van der Waals surface area contributed by atoms with Crippen LogP contribution in [0.15, 0.2) is 71.9 Å². The molecule has 1 saturated carbocycles. The fourth-order valence-electron chi connectivity index (χ4n) is 10.6. The van der Waals surface area contributed by atoms with E-state index in [1.807, 2.05) is 23.9 Å². The van der Waals surface area contributed by atoms with Gasteiger partial charge in [0, 0.05) is 62.9 Å². The van der Waals surface area contributed by atoms with E-state index in [0.29, 0.717) is 19.6 Å². The van der Waals surface area contributed by atoms with E-state index in [0.717, 1.165) is 104 Å². The maximum atomic E-state index is 11.4. The number of aliphatic hydroxyl groups excluding tert-OH is 2. The summed E-state index contributed by atoms with van der Waals surface area (Å²) >= 11 is 1.93. The largest absolute Gasteiger partial charge is 0.492 e. The minimum Gasteiger partial charge on any atom is -0.492 e. The van der Waals surface area contributed by atoms with Gasteiger partial charge < -0.3 is 29.3 Å². The molecular formula is C54H81N3O8S. The molecule has 2 aliphatic carbocycles. The lowest BCUT2D eigenvalue weighted by atomic mass is 9.56. The van der Waals surface area contributed by atoms with Crippen LogP contribution in [0.3, 0.4) is 0 Å². The van der Waals surface area contributed by atoms with Gasteiger partial charge in [0.05, 0.1) is 28.4 Å². The van der Waals surface area contributed by atoms with E-state index < -0.39 is 10.7 Å². The molecule has 11 nitrogen and oxygen atoms in total. The van der Waals surface area contributed by atoms with Gasteiger partial charge in [0.15, 0.2) is 0 Å². The highest BCUT2D eigenvalue weighted by Gasteiger charge is 2.64. The Hall–Kier alpha value is -3.42. The topological polar surface area (TPSA) is 136 Å². The smallest absolute Gasteiger partial charge is 0.269 e. The maximum absolute atomic E-state index is 11.4. The van der Waals surface area contributed by atoms with Crippen molar-refractivity contribution in [3.8, 4) is 11.5 Å². The molecule has 366 valence electrons. The van der Waals surface area contributed by atoms with E-state index in [4.69, 9.17) is 24.2 Å². The van der Waals surface area contributed by atoms with E-state index in [9.17, 15) is 20.3 Å². The lowest BCUT2D eigenvalue weighted by Gasteiger charge is -2.58. The summed E-state index contributed by atoms with van der Waals surface area (Å²) in [5.41, 5.74) is 3.94. The zero-order valence-corrected chi connectivity index (χ0v) is 40.9. The number of nitro benzene ring substituents is 1. The first kappa shape index (κ1) is 52.0. The van der Waals surface area contributed by atoms with E-state index in [-0.39, 0.29) is 54.4 Å². The first-order valence-corrected chi connectivity index (χ1v) is 26.9. The van der Waals surface area contributed by atoms with Gasteiger partial charge in [-0.25, -0.2) is 0 Å². The predicted octanol–water partition coefficient (Wildman–Crippen LogP) is 12.3. The monoisotopic (exact) mass is 932 g/mol. The van der Waals surface area contributed by atoms with Crippen molar-refractivity contribution in [3.63, 3.8) is 0 Å². The number of aliphatic hydroxyl groups is 2. The molecule has 2 aromatic carbocycles. The lowest BCUT2D eigenvalue weighted by Crippen LogP contribution is -2.64. The highest BCUT2D eigenvalue weighted by molar-refractivity contribution is 8.00. The van der Waals surface area contributed by atoms with Gasteiger partial charge in [0.2, 0.25) is 5.79 Å². The Bertz CT molecular complexity index is 1820. The van der Waals surface area contributed by atoms with Crippen LogP contribution in [0, 0.1) is 27.9 Å². The minimum atomic E-state index is -1.01. The number of nitrogens with zero attached hydrogens (tertiary/aromatic N) is 3. The number of fused-ring (bicyclic) bond motifs is 2. The van der Waals surface area contributed by atoms with Crippen LogP contribution in [0.1, 0.15) is 159 Å². The van der Waals surface area contributed by atoms with Gasteiger partial charge in [-0.3, -0.25) is 15.0 Å². The van der Waals surface area contributed by atoms with Crippen molar-refractivity contribution in [2.24, 2.45) is 22.9 Å². The molecule has 0 bridgehead atoms. The number of unbranched alkanes of at least 4 members (excludes halogenated alkanes) is 15. The average Bonchev–Trinajstić information content (AvgIpc) is 4.16. The molecule has 6 rings (SSSR count). The summed E-state index contributed by atoms with van der Waals surface area (Å²) in [4.78, 5) is 19.5. The van der Waals surface area contributed by atoms with Crippen LogP contribution in [0.2, 0.25) is 0 Å². The second kappa shape index (κ2) is 28.2. The molecule has 2 aromatic rings. The molecule has 0 spiro atoms. The Labute approximate surface area is 400 Å². The third-order valence-corrected chi connectivity index (χ3v) is 15.6. The van der Waals surface area contributed by atoms with Crippen molar-refractivity contribution in [1.29, 1.82) is 0 Å².